The van der Waals surface area contributed by atoms with Gasteiger partial charge in [-0.1, -0.05) is 0 Å². The topological polar surface area (TPSA) is 60.7 Å². The van der Waals surface area contributed by atoms with E-state index in [-0.39, 0.29) is 17.6 Å². The van der Waals surface area contributed by atoms with Crippen LogP contribution in [0.5, 0.6) is 0 Å². The van der Waals surface area contributed by atoms with Gasteiger partial charge in [0.2, 0.25) is 11.6 Å². The summed E-state index contributed by atoms with van der Waals surface area (Å²) >= 11 is 0. The summed E-state index contributed by atoms with van der Waals surface area (Å²) in [5.41, 5.74) is 0. The Balaban J connectivity index is 2.90. The predicted molar refractivity (Wildman–Crippen MR) is 38.2 cm³/mol. The number of ketones is 1. The maximum atomic E-state index is 10.7. The molecule has 1 aromatic heterocycles. The molecular weight excluding hydrogens is 144 g/mol. The van der Waals surface area contributed by atoms with Gasteiger partial charge in [0.25, 0.3) is 0 Å². The molecule has 0 atom stereocenters. The summed E-state index contributed by atoms with van der Waals surface area (Å²) in [5, 5.41) is 11.1. The van der Waals surface area contributed by atoms with Crippen molar-refractivity contribution < 1.29 is 4.79 Å². The fourth-order valence-electron chi connectivity index (χ4n) is 0.585. The Morgan fingerprint density at radius 1 is 1.55 bits per heavy atom. The zero-order chi connectivity index (χ0) is 8.43. The number of Topliss-reactive ketones (excluding diaryl/α,β-unsaturated/α-hetero) is 1. The number of carbonyl (C=O) groups excluding carboxylic acids is 1. The first-order chi connectivity index (χ1) is 5.11. The van der Waals surface area contributed by atoms with Crippen molar-refractivity contribution in [3.05, 3.63) is 5.82 Å². The van der Waals surface area contributed by atoms with Gasteiger partial charge in [-0.2, -0.15) is 4.80 Å². The van der Waals surface area contributed by atoms with E-state index in [2.05, 4.69) is 15.4 Å². The fraction of sp³-hybridized carbons (Fsp3) is 0.667. The molecule has 0 aromatic carbocycles. The van der Waals surface area contributed by atoms with Crippen molar-refractivity contribution in [1.29, 1.82) is 0 Å². The van der Waals surface area contributed by atoms with Gasteiger partial charge < -0.3 is 0 Å². The summed E-state index contributed by atoms with van der Waals surface area (Å²) in [6, 6.07) is 0.149. The average Bonchev–Trinajstić information content (AvgIpc) is 2.33. The fourth-order valence-corrected chi connectivity index (χ4v) is 0.585. The van der Waals surface area contributed by atoms with Crippen LogP contribution in [0, 0.1) is 0 Å². The lowest BCUT2D eigenvalue weighted by Gasteiger charge is -1.98. The molecule has 0 aliphatic heterocycles. The van der Waals surface area contributed by atoms with Crippen molar-refractivity contribution in [3.63, 3.8) is 0 Å². The zero-order valence-electron chi connectivity index (χ0n) is 6.77. The highest BCUT2D eigenvalue weighted by atomic mass is 16.1. The van der Waals surface area contributed by atoms with Gasteiger partial charge in [-0.3, -0.25) is 4.79 Å². The summed E-state index contributed by atoms with van der Waals surface area (Å²) < 4.78 is 0. The predicted octanol–water partition coefficient (Wildman–Crippen LogP) is 0.457. The summed E-state index contributed by atoms with van der Waals surface area (Å²) in [6.07, 6.45) is 0. The van der Waals surface area contributed by atoms with Gasteiger partial charge in [0, 0.05) is 6.92 Å². The molecule has 0 N–H and O–H groups in total. The molecule has 1 rings (SSSR count). The minimum Gasteiger partial charge on any atom is -0.291 e. The monoisotopic (exact) mass is 154 g/mol. The molecule has 5 nitrogen and oxygen atoms in total. The van der Waals surface area contributed by atoms with E-state index < -0.39 is 0 Å². The normalized spacial score (nSPS) is 10.5. The third-order valence-corrected chi connectivity index (χ3v) is 1.21. The Labute approximate surface area is 64.4 Å². The molecule has 0 aliphatic carbocycles. The first kappa shape index (κ1) is 7.84. The Hall–Kier alpha value is -1.26. The lowest BCUT2D eigenvalue weighted by atomic mass is 10.4. The Kier molecular flexibility index (Phi) is 1.98. The SMILES string of the molecule is CC(=O)c1nnn(C(C)C)n1. The van der Waals surface area contributed by atoms with Crippen LogP contribution in [0.2, 0.25) is 0 Å². The van der Waals surface area contributed by atoms with Gasteiger partial charge in [0.15, 0.2) is 0 Å². The van der Waals surface area contributed by atoms with Crippen LogP contribution < -0.4 is 0 Å². The highest BCUT2D eigenvalue weighted by molar-refractivity contribution is 5.89. The highest BCUT2D eigenvalue weighted by Gasteiger charge is 2.08. The van der Waals surface area contributed by atoms with Crippen LogP contribution >= 0.6 is 0 Å². The molecule has 0 fully saturated rings. The molecule has 0 amide bonds. The summed E-state index contributed by atoms with van der Waals surface area (Å²) in [6.45, 7) is 5.26. The summed E-state index contributed by atoms with van der Waals surface area (Å²) in [4.78, 5) is 12.1. The molecule has 11 heavy (non-hydrogen) atoms. The number of nitrogens with zero attached hydrogens (tertiary/aromatic N) is 4. The molecular formula is C6H10N4O. The Bertz CT molecular complexity index is 265. The van der Waals surface area contributed by atoms with Crippen LogP contribution in [0.1, 0.15) is 37.4 Å². The van der Waals surface area contributed by atoms with Crippen molar-refractivity contribution in [2.45, 2.75) is 26.8 Å². The van der Waals surface area contributed by atoms with E-state index >= 15 is 0 Å². The van der Waals surface area contributed by atoms with E-state index in [9.17, 15) is 4.79 Å². The first-order valence-electron chi connectivity index (χ1n) is 3.41. The van der Waals surface area contributed by atoms with E-state index in [1.807, 2.05) is 13.8 Å². The molecule has 0 saturated carbocycles. The number of aromatic nitrogens is 4. The zero-order valence-corrected chi connectivity index (χ0v) is 6.77. The molecule has 1 aromatic rings. The number of hydrogen-bond donors (Lipinski definition) is 0. The van der Waals surface area contributed by atoms with Crippen LogP contribution in [0.3, 0.4) is 0 Å². The molecule has 5 heteroatoms. The molecule has 60 valence electrons. The smallest absolute Gasteiger partial charge is 0.240 e. The van der Waals surface area contributed by atoms with Gasteiger partial charge in [-0.15, -0.1) is 10.2 Å². The van der Waals surface area contributed by atoms with Crippen molar-refractivity contribution >= 4 is 5.78 Å². The molecule has 0 aliphatic rings. The average molecular weight is 154 g/mol. The van der Waals surface area contributed by atoms with E-state index in [0.29, 0.717) is 0 Å². The minimum atomic E-state index is -0.156. The van der Waals surface area contributed by atoms with E-state index in [1.54, 1.807) is 0 Å². The maximum absolute atomic E-state index is 10.7. The van der Waals surface area contributed by atoms with Crippen LogP contribution in [0.4, 0.5) is 0 Å². The lowest BCUT2D eigenvalue weighted by Crippen LogP contribution is -2.05. The van der Waals surface area contributed by atoms with Crippen LogP contribution in [0.25, 0.3) is 0 Å². The second-order valence-electron chi connectivity index (χ2n) is 2.58. The van der Waals surface area contributed by atoms with Crippen LogP contribution in [-0.4, -0.2) is 26.0 Å². The molecule has 0 radical (unpaired) electrons. The molecule has 0 bridgehead atoms. The standard InChI is InChI=1S/C6H10N4O/c1-4(2)10-8-6(5(3)11)7-9-10/h4H,1-3H3. The quantitative estimate of drug-likeness (QED) is 0.580. The largest absolute Gasteiger partial charge is 0.291 e. The van der Waals surface area contributed by atoms with Crippen LogP contribution in [0.15, 0.2) is 0 Å². The molecule has 1 heterocycles. The van der Waals surface area contributed by atoms with Gasteiger partial charge in [-0.05, 0) is 19.1 Å². The van der Waals surface area contributed by atoms with Crippen LogP contribution in [-0.2, 0) is 0 Å². The number of rotatable bonds is 2. The third-order valence-electron chi connectivity index (χ3n) is 1.21. The lowest BCUT2D eigenvalue weighted by molar-refractivity contribution is 0.100. The van der Waals surface area contributed by atoms with Gasteiger partial charge in [0.05, 0.1) is 6.04 Å². The Morgan fingerprint density at radius 2 is 2.18 bits per heavy atom. The summed E-state index contributed by atoms with van der Waals surface area (Å²) in [7, 11) is 0. The Morgan fingerprint density at radius 3 is 2.45 bits per heavy atom. The number of hydrogen-bond acceptors (Lipinski definition) is 4. The van der Waals surface area contributed by atoms with Crippen molar-refractivity contribution in [2.24, 2.45) is 0 Å². The third kappa shape index (κ3) is 1.60. The first-order valence-corrected chi connectivity index (χ1v) is 3.41. The van der Waals surface area contributed by atoms with E-state index in [4.69, 9.17) is 0 Å². The van der Waals surface area contributed by atoms with E-state index in [1.165, 1.54) is 11.7 Å². The van der Waals surface area contributed by atoms with Crippen molar-refractivity contribution in [2.75, 3.05) is 0 Å². The minimum absolute atomic E-state index is 0.149. The van der Waals surface area contributed by atoms with Gasteiger partial charge in [0.1, 0.15) is 0 Å². The van der Waals surface area contributed by atoms with Gasteiger partial charge in [-0.25, -0.2) is 0 Å². The second-order valence-corrected chi connectivity index (χ2v) is 2.58. The second kappa shape index (κ2) is 2.77. The van der Waals surface area contributed by atoms with Gasteiger partial charge >= 0.3 is 0 Å². The summed E-state index contributed by atoms with van der Waals surface area (Å²) in [5.74, 6) is 0.0237. The number of carbonyl (C=O) groups is 1. The van der Waals surface area contributed by atoms with E-state index in [0.717, 1.165) is 0 Å². The molecule has 0 spiro atoms. The maximum Gasteiger partial charge on any atom is 0.240 e. The van der Waals surface area contributed by atoms with Crippen molar-refractivity contribution in [3.8, 4) is 0 Å². The number of tetrazole rings is 1. The molecule has 0 unspecified atom stereocenters. The van der Waals surface area contributed by atoms with Crippen molar-refractivity contribution in [1.82, 2.24) is 20.2 Å². The molecule has 0 saturated heterocycles. The highest BCUT2D eigenvalue weighted by Crippen LogP contribution is 1.97.